The van der Waals surface area contributed by atoms with E-state index in [1.165, 1.54) is 30.1 Å². The van der Waals surface area contributed by atoms with Crippen LogP contribution in [0.5, 0.6) is 0 Å². The Bertz CT molecular complexity index is 710. The first-order valence-electron chi connectivity index (χ1n) is 4.96. The number of aryl methyl sites for hydroxylation is 1. The molecule has 0 radical (unpaired) electrons. The zero-order valence-corrected chi connectivity index (χ0v) is 11.9. The van der Waals surface area contributed by atoms with Crippen molar-refractivity contribution in [2.24, 2.45) is 7.05 Å². The van der Waals surface area contributed by atoms with Gasteiger partial charge in [-0.3, -0.25) is 4.72 Å². The summed E-state index contributed by atoms with van der Waals surface area (Å²) >= 11 is 11.5. The summed E-state index contributed by atoms with van der Waals surface area (Å²) in [5.74, 6) is -0.789. The van der Waals surface area contributed by atoms with E-state index < -0.39 is 20.9 Å². The maximum absolute atomic E-state index is 13.5. The summed E-state index contributed by atoms with van der Waals surface area (Å²) in [6.07, 6.45) is 1.24. The van der Waals surface area contributed by atoms with Gasteiger partial charge in [-0.05, 0) is 12.1 Å². The van der Waals surface area contributed by atoms with Crippen molar-refractivity contribution in [2.45, 2.75) is 5.03 Å². The van der Waals surface area contributed by atoms with Crippen LogP contribution in [0.2, 0.25) is 10.2 Å². The molecule has 0 spiro atoms. The molecule has 102 valence electrons. The van der Waals surface area contributed by atoms with Crippen molar-refractivity contribution in [3.63, 3.8) is 0 Å². The number of halogens is 3. The van der Waals surface area contributed by atoms with Crippen molar-refractivity contribution >= 4 is 38.9 Å². The van der Waals surface area contributed by atoms with Crippen LogP contribution in [0.3, 0.4) is 0 Å². The maximum Gasteiger partial charge on any atom is 0.282 e. The molecule has 0 atom stereocenters. The molecule has 0 aliphatic rings. The molecule has 0 unspecified atom stereocenters. The van der Waals surface area contributed by atoms with Gasteiger partial charge >= 0.3 is 0 Å². The zero-order valence-electron chi connectivity index (χ0n) is 9.56. The van der Waals surface area contributed by atoms with Gasteiger partial charge < -0.3 is 4.57 Å². The average Bonchev–Trinajstić information content (AvgIpc) is 2.66. The molecule has 0 fully saturated rings. The highest BCUT2D eigenvalue weighted by Crippen LogP contribution is 2.28. The summed E-state index contributed by atoms with van der Waals surface area (Å²) in [5.41, 5.74) is -0.342. The highest BCUT2D eigenvalue weighted by Gasteiger charge is 2.24. The lowest BCUT2D eigenvalue weighted by Gasteiger charge is -2.09. The number of benzene rings is 1. The van der Waals surface area contributed by atoms with Crippen molar-refractivity contribution < 1.29 is 12.8 Å². The minimum atomic E-state index is -4.11. The summed E-state index contributed by atoms with van der Waals surface area (Å²) in [4.78, 5) is 3.66. The highest BCUT2D eigenvalue weighted by molar-refractivity contribution is 7.92. The molecule has 2 rings (SSSR count). The first-order valence-corrected chi connectivity index (χ1v) is 7.20. The Morgan fingerprint density at radius 1 is 1.37 bits per heavy atom. The van der Waals surface area contributed by atoms with E-state index in [1.807, 2.05) is 4.72 Å². The van der Waals surface area contributed by atoms with Crippen molar-refractivity contribution in [2.75, 3.05) is 4.72 Å². The summed E-state index contributed by atoms with van der Waals surface area (Å²) < 4.78 is 41.0. The van der Waals surface area contributed by atoms with Gasteiger partial charge in [-0.2, -0.15) is 8.42 Å². The van der Waals surface area contributed by atoms with E-state index in [0.29, 0.717) is 0 Å². The van der Waals surface area contributed by atoms with Crippen molar-refractivity contribution in [3.8, 4) is 0 Å². The van der Waals surface area contributed by atoms with Crippen molar-refractivity contribution in [1.29, 1.82) is 0 Å². The quantitative estimate of drug-likeness (QED) is 0.944. The molecule has 0 bridgehead atoms. The van der Waals surface area contributed by atoms with Gasteiger partial charge in [0.05, 0.1) is 11.3 Å². The number of para-hydroxylation sites is 1. The third-order valence-corrected chi connectivity index (χ3v) is 4.44. The van der Waals surface area contributed by atoms with Crippen LogP contribution in [0.15, 0.2) is 29.6 Å². The second-order valence-electron chi connectivity index (χ2n) is 3.65. The molecule has 1 heterocycles. The van der Waals surface area contributed by atoms with Crippen LogP contribution in [0, 0.1) is 5.82 Å². The van der Waals surface area contributed by atoms with E-state index >= 15 is 0 Å². The Morgan fingerprint density at radius 3 is 2.58 bits per heavy atom. The van der Waals surface area contributed by atoms with Crippen molar-refractivity contribution in [1.82, 2.24) is 9.55 Å². The SMILES string of the molecule is Cn1cnc(S(=O)(=O)Nc2c(F)cccc2Cl)c1Cl. The van der Waals surface area contributed by atoms with Gasteiger partial charge in [0.15, 0.2) is 0 Å². The van der Waals surface area contributed by atoms with Crippen LogP contribution in [0.25, 0.3) is 0 Å². The molecule has 1 N–H and O–H groups in total. The van der Waals surface area contributed by atoms with Gasteiger partial charge in [0, 0.05) is 7.05 Å². The summed E-state index contributed by atoms with van der Waals surface area (Å²) in [6.45, 7) is 0. The molecule has 2 aromatic rings. The Balaban J connectivity index is 2.46. The molecule has 0 saturated carbocycles. The number of rotatable bonds is 3. The smallest absolute Gasteiger partial charge is 0.282 e. The fraction of sp³-hybridized carbons (Fsp3) is 0.100. The number of sulfonamides is 1. The zero-order chi connectivity index (χ0) is 14.2. The van der Waals surface area contributed by atoms with Gasteiger partial charge in [-0.15, -0.1) is 0 Å². The molecule has 1 aromatic carbocycles. The molecular formula is C10H8Cl2FN3O2S. The Hall–Kier alpha value is -1.31. The normalized spacial score (nSPS) is 11.6. The average molecular weight is 324 g/mol. The molecule has 0 aliphatic heterocycles. The van der Waals surface area contributed by atoms with Crippen LogP contribution in [0.1, 0.15) is 0 Å². The third-order valence-electron chi connectivity index (χ3n) is 2.29. The topological polar surface area (TPSA) is 64.0 Å². The van der Waals surface area contributed by atoms with E-state index in [4.69, 9.17) is 23.2 Å². The number of imidazole rings is 1. The largest absolute Gasteiger partial charge is 0.324 e. The highest BCUT2D eigenvalue weighted by atomic mass is 35.5. The molecule has 9 heteroatoms. The second kappa shape index (κ2) is 4.99. The van der Waals surface area contributed by atoms with Crippen LogP contribution in [0.4, 0.5) is 10.1 Å². The monoisotopic (exact) mass is 323 g/mol. The number of hydrogen-bond acceptors (Lipinski definition) is 3. The Kier molecular flexibility index (Phi) is 3.71. The predicted molar refractivity (Wildman–Crippen MR) is 70.4 cm³/mol. The van der Waals surface area contributed by atoms with Crippen LogP contribution < -0.4 is 4.72 Å². The van der Waals surface area contributed by atoms with Crippen LogP contribution >= 0.6 is 23.2 Å². The number of nitrogens with one attached hydrogen (secondary N) is 1. The van der Waals surface area contributed by atoms with Crippen molar-refractivity contribution in [3.05, 3.63) is 40.5 Å². The molecule has 0 saturated heterocycles. The molecule has 5 nitrogen and oxygen atoms in total. The summed E-state index contributed by atoms with van der Waals surface area (Å²) in [5, 5.41) is -0.536. The number of anilines is 1. The van der Waals surface area contributed by atoms with E-state index in [1.54, 1.807) is 0 Å². The standard InChI is InChI=1S/C10H8Cl2FN3O2S/c1-16-5-14-10(9(16)12)19(17,18)15-8-6(11)3-2-4-7(8)13/h2-5,15H,1H3. The number of aromatic nitrogens is 2. The minimum Gasteiger partial charge on any atom is -0.324 e. The van der Waals surface area contributed by atoms with Gasteiger partial charge in [0.25, 0.3) is 10.0 Å². The fourth-order valence-electron chi connectivity index (χ4n) is 1.35. The number of hydrogen-bond donors (Lipinski definition) is 1. The molecule has 19 heavy (non-hydrogen) atoms. The lowest BCUT2D eigenvalue weighted by atomic mass is 10.3. The van der Waals surface area contributed by atoms with E-state index in [2.05, 4.69) is 4.98 Å². The number of nitrogens with zero attached hydrogens (tertiary/aromatic N) is 2. The van der Waals surface area contributed by atoms with E-state index in [9.17, 15) is 12.8 Å². The molecule has 0 amide bonds. The molecule has 0 aliphatic carbocycles. The van der Waals surface area contributed by atoms with Crippen LogP contribution in [-0.4, -0.2) is 18.0 Å². The maximum atomic E-state index is 13.5. The second-order valence-corrected chi connectivity index (χ2v) is 6.02. The summed E-state index contributed by atoms with van der Waals surface area (Å²) in [6, 6.07) is 3.81. The van der Waals surface area contributed by atoms with Gasteiger partial charge in [0.2, 0.25) is 5.03 Å². The molecular weight excluding hydrogens is 316 g/mol. The van der Waals surface area contributed by atoms with E-state index in [-0.39, 0.29) is 15.9 Å². The first-order chi connectivity index (χ1) is 8.83. The third kappa shape index (κ3) is 2.68. The van der Waals surface area contributed by atoms with E-state index in [0.717, 1.165) is 6.07 Å². The van der Waals surface area contributed by atoms with Crippen LogP contribution in [-0.2, 0) is 17.1 Å². The van der Waals surface area contributed by atoms with Gasteiger partial charge in [0.1, 0.15) is 16.7 Å². The Labute approximate surface area is 119 Å². The van der Waals surface area contributed by atoms with Gasteiger partial charge in [-0.1, -0.05) is 29.3 Å². The first kappa shape index (κ1) is 14.1. The Morgan fingerprint density at radius 2 is 2.05 bits per heavy atom. The summed E-state index contributed by atoms with van der Waals surface area (Å²) in [7, 11) is -2.57. The minimum absolute atomic E-state index is 0.0596. The van der Waals surface area contributed by atoms with Gasteiger partial charge in [-0.25, -0.2) is 9.37 Å². The predicted octanol–water partition coefficient (Wildman–Crippen LogP) is 2.67. The lowest BCUT2D eigenvalue weighted by Crippen LogP contribution is -2.15. The fourth-order valence-corrected chi connectivity index (χ4v) is 3.14. The molecule has 1 aromatic heterocycles. The lowest BCUT2D eigenvalue weighted by molar-refractivity contribution is 0.595.